The maximum atomic E-state index is 12.2. The molecule has 0 spiro atoms. The molecular formula is C16H13N3O2. The number of hydrogen-bond donors (Lipinski definition) is 0. The molecule has 0 atom stereocenters. The number of pyridine rings is 1. The predicted octanol–water partition coefficient (Wildman–Crippen LogP) is 1.44. The fourth-order valence-corrected chi connectivity index (χ4v) is 2.11. The van der Waals surface area contributed by atoms with E-state index in [0.29, 0.717) is 12.2 Å². The Labute approximate surface area is 120 Å². The molecule has 0 aliphatic rings. The molecule has 0 bridgehead atoms. The normalized spacial score (nSPS) is 10.5. The third-order valence-electron chi connectivity index (χ3n) is 3.19. The minimum Gasteiger partial charge on any atom is -0.305 e. The molecule has 0 aliphatic carbocycles. The van der Waals surface area contributed by atoms with Gasteiger partial charge in [0, 0.05) is 30.5 Å². The van der Waals surface area contributed by atoms with Crippen LogP contribution in [0.3, 0.4) is 0 Å². The zero-order chi connectivity index (χ0) is 14.7. The van der Waals surface area contributed by atoms with Crippen molar-refractivity contribution in [1.29, 1.82) is 0 Å². The van der Waals surface area contributed by atoms with Gasteiger partial charge in [0.15, 0.2) is 0 Å². The highest BCUT2D eigenvalue weighted by Crippen LogP contribution is 2.03. The molecule has 3 rings (SSSR count). The van der Waals surface area contributed by atoms with Crippen molar-refractivity contribution in [3.05, 3.63) is 93.5 Å². The Morgan fingerprint density at radius 1 is 0.857 bits per heavy atom. The second kappa shape index (κ2) is 5.58. The lowest BCUT2D eigenvalue weighted by molar-refractivity contribution is 0.717. The van der Waals surface area contributed by atoms with E-state index in [4.69, 9.17) is 0 Å². The van der Waals surface area contributed by atoms with Gasteiger partial charge in [0.1, 0.15) is 0 Å². The molecule has 2 heterocycles. The molecular weight excluding hydrogens is 266 g/mol. The zero-order valence-corrected chi connectivity index (χ0v) is 11.2. The Morgan fingerprint density at radius 2 is 1.57 bits per heavy atom. The number of para-hydroxylation sites is 1. The van der Waals surface area contributed by atoms with Gasteiger partial charge in [0.2, 0.25) is 0 Å². The first-order chi connectivity index (χ1) is 10.3. The van der Waals surface area contributed by atoms with E-state index in [1.807, 2.05) is 30.3 Å². The number of aromatic nitrogens is 3. The second-order valence-electron chi connectivity index (χ2n) is 4.60. The van der Waals surface area contributed by atoms with Gasteiger partial charge >= 0.3 is 11.1 Å². The molecule has 0 aliphatic heterocycles. The maximum absolute atomic E-state index is 12.2. The van der Waals surface area contributed by atoms with Gasteiger partial charge in [-0.3, -0.25) is 19.1 Å². The summed E-state index contributed by atoms with van der Waals surface area (Å²) >= 11 is 0. The molecule has 1 aromatic carbocycles. The average Bonchev–Trinajstić information content (AvgIpc) is 2.54. The summed E-state index contributed by atoms with van der Waals surface area (Å²) in [5.41, 5.74) is 0.496. The van der Waals surface area contributed by atoms with Crippen molar-refractivity contribution in [3.8, 4) is 5.69 Å². The van der Waals surface area contributed by atoms with E-state index in [1.54, 1.807) is 36.9 Å². The highest BCUT2D eigenvalue weighted by Gasteiger charge is 2.06. The van der Waals surface area contributed by atoms with E-state index in [-0.39, 0.29) is 0 Å². The van der Waals surface area contributed by atoms with Gasteiger partial charge in [-0.25, -0.2) is 0 Å². The van der Waals surface area contributed by atoms with Crippen LogP contribution in [0.2, 0.25) is 0 Å². The molecule has 0 amide bonds. The summed E-state index contributed by atoms with van der Waals surface area (Å²) in [7, 11) is 0. The Morgan fingerprint density at radius 3 is 2.29 bits per heavy atom. The molecule has 0 radical (unpaired) electrons. The molecule has 5 heteroatoms. The summed E-state index contributed by atoms with van der Waals surface area (Å²) in [6, 6.07) is 12.7. The van der Waals surface area contributed by atoms with Crippen molar-refractivity contribution in [2.75, 3.05) is 0 Å². The van der Waals surface area contributed by atoms with Gasteiger partial charge in [0.05, 0.1) is 6.54 Å². The van der Waals surface area contributed by atoms with Crippen LogP contribution in [0.25, 0.3) is 5.69 Å². The summed E-state index contributed by atoms with van der Waals surface area (Å²) in [4.78, 5) is 28.3. The Kier molecular flexibility index (Phi) is 3.47. The lowest BCUT2D eigenvalue weighted by Crippen LogP contribution is -2.40. The summed E-state index contributed by atoms with van der Waals surface area (Å²) in [6.07, 6.45) is 6.55. The van der Waals surface area contributed by atoms with Gasteiger partial charge in [0.25, 0.3) is 0 Å². The smallest absolute Gasteiger partial charge is 0.305 e. The van der Waals surface area contributed by atoms with Crippen molar-refractivity contribution in [2.24, 2.45) is 0 Å². The van der Waals surface area contributed by atoms with Crippen LogP contribution in [-0.4, -0.2) is 14.1 Å². The molecule has 0 N–H and O–H groups in total. The molecule has 104 valence electrons. The van der Waals surface area contributed by atoms with Gasteiger partial charge in [-0.15, -0.1) is 0 Å². The topological polar surface area (TPSA) is 56.9 Å². The molecule has 2 aromatic heterocycles. The maximum Gasteiger partial charge on any atom is 0.320 e. The first kappa shape index (κ1) is 13.1. The lowest BCUT2D eigenvalue weighted by atomic mass is 10.2. The average molecular weight is 279 g/mol. The highest BCUT2D eigenvalue weighted by molar-refractivity contribution is 5.31. The second-order valence-corrected chi connectivity index (χ2v) is 4.60. The summed E-state index contributed by atoms with van der Waals surface area (Å²) in [5, 5.41) is 0. The first-order valence-corrected chi connectivity index (χ1v) is 6.52. The number of rotatable bonds is 3. The highest BCUT2D eigenvalue weighted by atomic mass is 16.2. The van der Waals surface area contributed by atoms with E-state index in [1.165, 1.54) is 9.13 Å². The Bertz CT molecular complexity index is 852. The number of benzene rings is 1. The van der Waals surface area contributed by atoms with E-state index in [9.17, 15) is 9.59 Å². The fourth-order valence-electron chi connectivity index (χ4n) is 2.11. The van der Waals surface area contributed by atoms with E-state index in [2.05, 4.69) is 4.98 Å². The van der Waals surface area contributed by atoms with Crippen LogP contribution in [0.4, 0.5) is 0 Å². The molecule has 21 heavy (non-hydrogen) atoms. The molecule has 0 saturated heterocycles. The predicted molar refractivity (Wildman–Crippen MR) is 79.6 cm³/mol. The largest absolute Gasteiger partial charge is 0.320 e. The van der Waals surface area contributed by atoms with Crippen molar-refractivity contribution in [1.82, 2.24) is 14.1 Å². The molecule has 0 saturated carbocycles. The Balaban J connectivity index is 2.02. The quantitative estimate of drug-likeness (QED) is 0.682. The van der Waals surface area contributed by atoms with Gasteiger partial charge in [-0.2, -0.15) is 0 Å². The summed E-state index contributed by atoms with van der Waals surface area (Å²) in [6.45, 7) is 0.353. The van der Waals surface area contributed by atoms with Crippen LogP contribution >= 0.6 is 0 Å². The van der Waals surface area contributed by atoms with Crippen molar-refractivity contribution in [3.63, 3.8) is 0 Å². The van der Waals surface area contributed by atoms with Crippen molar-refractivity contribution in [2.45, 2.75) is 6.54 Å². The monoisotopic (exact) mass is 279 g/mol. The van der Waals surface area contributed by atoms with Crippen LogP contribution in [0.1, 0.15) is 5.56 Å². The van der Waals surface area contributed by atoms with Gasteiger partial charge in [-0.1, -0.05) is 18.2 Å². The molecule has 0 unspecified atom stereocenters. The van der Waals surface area contributed by atoms with Crippen LogP contribution < -0.4 is 11.1 Å². The minimum absolute atomic E-state index is 0.353. The third kappa shape index (κ3) is 2.67. The number of nitrogens with zero attached hydrogens (tertiary/aromatic N) is 3. The number of hydrogen-bond acceptors (Lipinski definition) is 3. The molecule has 3 aromatic rings. The summed E-state index contributed by atoms with van der Waals surface area (Å²) < 4.78 is 2.75. The summed E-state index contributed by atoms with van der Waals surface area (Å²) in [5.74, 6) is 0. The Hall–Kier alpha value is -2.95. The van der Waals surface area contributed by atoms with Crippen LogP contribution in [-0.2, 0) is 6.54 Å². The standard InChI is InChI=1S/C16H13N3O2/c20-15-16(21)19(14-4-2-1-3-5-14)11-10-18(15)12-13-6-8-17-9-7-13/h1-11H,12H2. The molecule has 5 nitrogen and oxygen atoms in total. The minimum atomic E-state index is -0.558. The van der Waals surface area contributed by atoms with Crippen LogP contribution in [0, 0.1) is 0 Å². The van der Waals surface area contributed by atoms with Crippen molar-refractivity contribution >= 4 is 0 Å². The first-order valence-electron chi connectivity index (χ1n) is 6.52. The van der Waals surface area contributed by atoms with Gasteiger partial charge < -0.3 is 4.57 Å². The lowest BCUT2D eigenvalue weighted by Gasteiger charge is -2.08. The third-order valence-corrected chi connectivity index (χ3v) is 3.19. The van der Waals surface area contributed by atoms with E-state index < -0.39 is 11.1 Å². The van der Waals surface area contributed by atoms with E-state index >= 15 is 0 Å². The van der Waals surface area contributed by atoms with Crippen LogP contribution in [0.15, 0.2) is 76.8 Å². The van der Waals surface area contributed by atoms with Crippen LogP contribution in [0.5, 0.6) is 0 Å². The van der Waals surface area contributed by atoms with Gasteiger partial charge in [-0.05, 0) is 29.8 Å². The fraction of sp³-hybridized carbons (Fsp3) is 0.0625. The van der Waals surface area contributed by atoms with Crippen molar-refractivity contribution < 1.29 is 0 Å². The SMILES string of the molecule is O=c1c(=O)n(-c2ccccc2)ccn1Cc1ccncc1. The molecule has 0 fully saturated rings. The zero-order valence-electron chi connectivity index (χ0n) is 11.2. The van der Waals surface area contributed by atoms with E-state index in [0.717, 1.165) is 5.56 Å².